The number of carbonyl (C=O) groups excluding carboxylic acids is 2. The summed E-state index contributed by atoms with van der Waals surface area (Å²) in [7, 11) is 0. The average Bonchev–Trinajstić information content (AvgIpc) is 2.41. The maximum absolute atomic E-state index is 12.9. The van der Waals surface area contributed by atoms with Crippen molar-refractivity contribution in [2.24, 2.45) is 5.92 Å². The molecule has 1 heterocycles. The molecule has 0 aromatic rings. The molecule has 1 unspecified atom stereocenters. The van der Waals surface area contributed by atoms with E-state index < -0.39 is 11.1 Å². The Balaban J connectivity index is 3.17. The lowest BCUT2D eigenvalue weighted by Crippen LogP contribution is -2.74. The summed E-state index contributed by atoms with van der Waals surface area (Å²) in [5.41, 5.74) is -1.41. The first kappa shape index (κ1) is 17.0. The van der Waals surface area contributed by atoms with Gasteiger partial charge >= 0.3 is 0 Å². The van der Waals surface area contributed by atoms with E-state index in [1.54, 1.807) is 0 Å². The van der Waals surface area contributed by atoms with Crippen molar-refractivity contribution in [3.63, 3.8) is 0 Å². The third kappa shape index (κ3) is 2.70. The van der Waals surface area contributed by atoms with Crippen LogP contribution in [-0.4, -0.2) is 34.3 Å². The molecular weight excluding hydrogens is 252 g/mol. The van der Waals surface area contributed by atoms with Crippen LogP contribution in [0.2, 0.25) is 0 Å². The van der Waals surface area contributed by atoms with Crippen molar-refractivity contribution in [1.82, 2.24) is 10.2 Å². The highest BCUT2D eigenvalue weighted by molar-refractivity contribution is 6.02. The normalized spacial score (nSPS) is 26.1. The van der Waals surface area contributed by atoms with E-state index in [1.807, 2.05) is 32.6 Å². The fourth-order valence-corrected chi connectivity index (χ4v) is 2.93. The van der Waals surface area contributed by atoms with Gasteiger partial charge in [0.05, 0.1) is 0 Å². The molecule has 1 aliphatic rings. The minimum absolute atomic E-state index is 0.00945. The number of hydrogen-bond donors (Lipinski definition) is 1. The molecule has 116 valence electrons. The van der Waals surface area contributed by atoms with Crippen molar-refractivity contribution in [2.45, 2.75) is 78.3 Å². The van der Waals surface area contributed by atoms with Gasteiger partial charge in [-0.2, -0.15) is 0 Å². The zero-order valence-corrected chi connectivity index (χ0v) is 13.9. The lowest BCUT2D eigenvalue weighted by atomic mass is 9.81. The molecule has 0 aliphatic carbocycles. The van der Waals surface area contributed by atoms with E-state index in [4.69, 9.17) is 0 Å². The van der Waals surface area contributed by atoms with Gasteiger partial charge in [0.15, 0.2) is 0 Å². The fraction of sp³-hybridized carbons (Fsp3) is 0.875. The van der Waals surface area contributed by atoms with E-state index >= 15 is 0 Å². The second-order valence-corrected chi connectivity index (χ2v) is 6.52. The van der Waals surface area contributed by atoms with Crippen LogP contribution in [0, 0.1) is 5.92 Å². The summed E-state index contributed by atoms with van der Waals surface area (Å²) in [6.45, 7) is 12.7. The molecule has 1 aliphatic heterocycles. The first-order chi connectivity index (χ1) is 9.27. The van der Waals surface area contributed by atoms with Crippen LogP contribution in [0.5, 0.6) is 0 Å². The topological polar surface area (TPSA) is 49.4 Å². The van der Waals surface area contributed by atoms with Crippen molar-refractivity contribution in [1.29, 1.82) is 0 Å². The molecule has 1 N–H and O–H groups in total. The maximum Gasteiger partial charge on any atom is 0.248 e. The van der Waals surface area contributed by atoms with E-state index in [0.29, 0.717) is 31.7 Å². The predicted octanol–water partition coefficient (Wildman–Crippen LogP) is 2.72. The Morgan fingerprint density at radius 1 is 1.10 bits per heavy atom. The zero-order valence-electron chi connectivity index (χ0n) is 13.9. The molecule has 20 heavy (non-hydrogen) atoms. The van der Waals surface area contributed by atoms with Crippen LogP contribution in [0.25, 0.3) is 0 Å². The first-order valence-corrected chi connectivity index (χ1v) is 7.92. The Morgan fingerprint density at radius 2 is 1.65 bits per heavy atom. The van der Waals surface area contributed by atoms with E-state index in [2.05, 4.69) is 19.2 Å². The van der Waals surface area contributed by atoms with Crippen LogP contribution >= 0.6 is 0 Å². The molecule has 4 nitrogen and oxygen atoms in total. The van der Waals surface area contributed by atoms with E-state index in [-0.39, 0.29) is 11.8 Å². The Labute approximate surface area is 123 Å². The monoisotopic (exact) mass is 282 g/mol. The second-order valence-electron chi connectivity index (χ2n) is 6.52. The van der Waals surface area contributed by atoms with Crippen molar-refractivity contribution in [3.05, 3.63) is 0 Å². The molecular formula is C16H30N2O2. The molecule has 4 heteroatoms. The Morgan fingerprint density at radius 3 is 2.05 bits per heavy atom. The van der Waals surface area contributed by atoms with E-state index in [9.17, 15) is 9.59 Å². The van der Waals surface area contributed by atoms with Crippen molar-refractivity contribution >= 4 is 11.8 Å². The number of piperazine rings is 1. The quantitative estimate of drug-likeness (QED) is 0.814. The molecule has 1 fully saturated rings. The molecule has 0 bridgehead atoms. The van der Waals surface area contributed by atoms with Gasteiger partial charge in [0.1, 0.15) is 11.1 Å². The molecule has 2 amide bonds. The summed E-state index contributed by atoms with van der Waals surface area (Å²) in [5.74, 6) is 0.603. The molecule has 0 aromatic heterocycles. The Kier molecular flexibility index (Phi) is 5.22. The van der Waals surface area contributed by atoms with Gasteiger partial charge in [0.25, 0.3) is 0 Å². The van der Waals surface area contributed by atoms with Crippen LogP contribution < -0.4 is 5.32 Å². The van der Waals surface area contributed by atoms with Crippen molar-refractivity contribution < 1.29 is 9.59 Å². The highest BCUT2D eigenvalue weighted by Gasteiger charge is 2.54. The maximum atomic E-state index is 12.9. The molecule has 1 atom stereocenters. The van der Waals surface area contributed by atoms with Crippen LogP contribution in [-0.2, 0) is 9.59 Å². The zero-order chi connectivity index (χ0) is 15.6. The standard InChI is InChI=1S/C16H30N2O2/c1-7-15(6)14(20)18(11-10-12(4)5)16(8-2,9-3)13(19)17-15/h12H,7-11H2,1-6H3,(H,17,19). The second kappa shape index (κ2) is 6.15. The lowest BCUT2D eigenvalue weighted by Gasteiger charge is -2.51. The van der Waals surface area contributed by atoms with Crippen LogP contribution in [0.3, 0.4) is 0 Å². The summed E-state index contributed by atoms with van der Waals surface area (Å²) >= 11 is 0. The van der Waals surface area contributed by atoms with Crippen molar-refractivity contribution in [2.75, 3.05) is 6.54 Å². The number of hydrogen-bond acceptors (Lipinski definition) is 2. The lowest BCUT2D eigenvalue weighted by molar-refractivity contribution is -0.163. The molecule has 1 saturated heterocycles. The van der Waals surface area contributed by atoms with E-state index in [0.717, 1.165) is 6.42 Å². The summed E-state index contributed by atoms with van der Waals surface area (Å²) in [6.07, 6.45) is 2.89. The SMILES string of the molecule is CCC1(C)NC(=O)C(CC)(CC)N(CCC(C)C)C1=O. The van der Waals surface area contributed by atoms with Crippen LogP contribution in [0.4, 0.5) is 0 Å². The van der Waals surface area contributed by atoms with E-state index in [1.165, 1.54) is 0 Å². The molecule has 1 rings (SSSR count). The predicted molar refractivity (Wildman–Crippen MR) is 81.3 cm³/mol. The first-order valence-electron chi connectivity index (χ1n) is 7.92. The third-order valence-corrected chi connectivity index (χ3v) is 4.85. The average molecular weight is 282 g/mol. The van der Waals surface area contributed by atoms with Gasteiger partial charge in [-0.25, -0.2) is 0 Å². The molecule has 0 radical (unpaired) electrons. The number of nitrogens with zero attached hydrogens (tertiary/aromatic N) is 1. The molecule has 0 spiro atoms. The largest absolute Gasteiger partial charge is 0.340 e. The molecule has 0 aromatic carbocycles. The third-order valence-electron chi connectivity index (χ3n) is 4.85. The number of nitrogens with one attached hydrogen (secondary N) is 1. The highest BCUT2D eigenvalue weighted by Crippen LogP contribution is 2.33. The Hall–Kier alpha value is -1.06. The van der Waals surface area contributed by atoms with Crippen LogP contribution in [0.15, 0.2) is 0 Å². The van der Waals surface area contributed by atoms with Gasteiger partial charge in [0.2, 0.25) is 11.8 Å². The Bertz CT molecular complexity index is 375. The molecule has 0 saturated carbocycles. The summed E-state index contributed by atoms with van der Waals surface area (Å²) in [6, 6.07) is 0. The minimum Gasteiger partial charge on any atom is -0.340 e. The van der Waals surface area contributed by atoms with Gasteiger partial charge in [-0.3, -0.25) is 9.59 Å². The smallest absolute Gasteiger partial charge is 0.248 e. The highest BCUT2D eigenvalue weighted by atomic mass is 16.2. The fourth-order valence-electron chi connectivity index (χ4n) is 2.93. The van der Waals surface area contributed by atoms with Gasteiger partial charge in [0, 0.05) is 6.54 Å². The van der Waals surface area contributed by atoms with Crippen molar-refractivity contribution in [3.8, 4) is 0 Å². The minimum atomic E-state index is -0.748. The van der Waals surface area contributed by atoms with Gasteiger partial charge in [-0.15, -0.1) is 0 Å². The summed E-state index contributed by atoms with van der Waals surface area (Å²) in [5, 5.41) is 2.97. The summed E-state index contributed by atoms with van der Waals surface area (Å²) in [4.78, 5) is 27.4. The van der Waals surface area contributed by atoms with Gasteiger partial charge in [-0.05, 0) is 38.5 Å². The van der Waals surface area contributed by atoms with Gasteiger partial charge < -0.3 is 10.2 Å². The number of carbonyl (C=O) groups is 2. The summed E-state index contributed by atoms with van der Waals surface area (Å²) < 4.78 is 0. The van der Waals surface area contributed by atoms with Crippen LogP contribution in [0.1, 0.15) is 67.2 Å². The number of rotatable bonds is 6. The van der Waals surface area contributed by atoms with Gasteiger partial charge in [-0.1, -0.05) is 34.6 Å². The number of amides is 2.